The zero-order valence-electron chi connectivity index (χ0n) is 11.0. The molecule has 1 heterocycles. The average Bonchev–Trinajstić information content (AvgIpc) is 2.74. The van der Waals surface area contributed by atoms with Crippen molar-refractivity contribution in [3.05, 3.63) is 11.7 Å². The van der Waals surface area contributed by atoms with Gasteiger partial charge in [0, 0.05) is 12.0 Å². The summed E-state index contributed by atoms with van der Waals surface area (Å²) in [5.41, 5.74) is 5.72. The normalized spacial score (nSPS) is 14.8. The van der Waals surface area contributed by atoms with Gasteiger partial charge in [0.1, 0.15) is 0 Å². The van der Waals surface area contributed by atoms with Crippen molar-refractivity contribution in [2.24, 2.45) is 5.73 Å². The van der Waals surface area contributed by atoms with Gasteiger partial charge in [0.25, 0.3) is 0 Å². The van der Waals surface area contributed by atoms with E-state index >= 15 is 0 Å². The Balaban J connectivity index is 2.35. The molecule has 0 bridgehead atoms. The summed E-state index contributed by atoms with van der Waals surface area (Å²) in [5.74, 6) is 3.83. The SMILES string of the molecule is CCSCc1noc(C(C)CCCC(C)N)n1. The summed E-state index contributed by atoms with van der Waals surface area (Å²) in [7, 11) is 0. The fourth-order valence-electron chi connectivity index (χ4n) is 1.59. The molecule has 98 valence electrons. The Morgan fingerprint density at radius 1 is 1.35 bits per heavy atom. The van der Waals surface area contributed by atoms with Crippen molar-refractivity contribution in [2.75, 3.05) is 5.75 Å². The number of hydrogen-bond donors (Lipinski definition) is 1. The third kappa shape index (κ3) is 5.55. The lowest BCUT2D eigenvalue weighted by Crippen LogP contribution is -2.14. The van der Waals surface area contributed by atoms with Crippen LogP contribution >= 0.6 is 11.8 Å². The lowest BCUT2D eigenvalue weighted by atomic mass is 10.0. The van der Waals surface area contributed by atoms with Crippen LogP contribution in [-0.2, 0) is 5.75 Å². The monoisotopic (exact) mass is 257 g/mol. The molecule has 0 saturated carbocycles. The lowest BCUT2D eigenvalue weighted by molar-refractivity contribution is 0.347. The molecular weight excluding hydrogens is 234 g/mol. The van der Waals surface area contributed by atoms with Crippen LogP contribution in [0.3, 0.4) is 0 Å². The maximum absolute atomic E-state index is 5.72. The van der Waals surface area contributed by atoms with Gasteiger partial charge < -0.3 is 10.3 Å². The first-order chi connectivity index (χ1) is 8.13. The van der Waals surface area contributed by atoms with Crippen molar-refractivity contribution in [3.63, 3.8) is 0 Å². The average molecular weight is 257 g/mol. The lowest BCUT2D eigenvalue weighted by Gasteiger charge is -2.07. The molecule has 0 aliphatic heterocycles. The predicted octanol–water partition coefficient (Wildman–Crippen LogP) is 2.94. The quantitative estimate of drug-likeness (QED) is 0.775. The van der Waals surface area contributed by atoms with E-state index in [0.29, 0.717) is 5.92 Å². The Morgan fingerprint density at radius 2 is 2.12 bits per heavy atom. The van der Waals surface area contributed by atoms with Crippen LogP contribution in [0.4, 0.5) is 0 Å². The number of thioether (sulfide) groups is 1. The summed E-state index contributed by atoms with van der Waals surface area (Å²) in [6, 6.07) is 0.279. The second-order valence-corrected chi connectivity index (χ2v) is 5.77. The molecule has 1 aromatic heterocycles. The van der Waals surface area contributed by atoms with E-state index in [0.717, 1.165) is 42.5 Å². The van der Waals surface area contributed by atoms with E-state index in [1.54, 1.807) is 11.8 Å². The molecule has 1 rings (SSSR count). The Labute approximate surface area is 108 Å². The molecule has 2 N–H and O–H groups in total. The van der Waals surface area contributed by atoms with Crippen LogP contribution in [0.1, 0.15) is 57.7 Å². The van der Waals surface area contributed by atoms with Crippen LogP contribution in [0, 0.1) is 0 Å². The van der Waals surface area contributed by atoms with Crippen LogP contribution in [-0.4, -0.2) is 21.9 Å². The van der Waals surface area contributed by atoms with Gasteiger partial charge in [-0.3, -0.25) is 0 Å². The van der Waals surface area contributed by atoms with Crippen LogP contribution in [0.25, 0.3) is 0 Å². The highest BCUT2D eigenvalue weighted by Gasteiger charge is 2.14. The standard InChI is InChI=1S/C12H23N3OS/c1-4-17-8-11-14-12(16-15-11)9(2)6-5-7-10(3)13/h9-10H,4-8,13H2,1-3H3. The molecule has 2 unspecified atom stereocenters. The molecule has 0 aliphatic carbocycles. The third-order valence-electron chi connectivity index (χ3n) is 2.64. The number of nitrogens with zero attached hydrogens (tertiary/aromatic N) is 2. The minimum Gasteiger partial charge on any atom is -0.339 e. The first kappa shape index (κ1) is 14.5. The molecule has 0 radical (unpaired) electrons. The van der Waals surface area contributed by atoms with Crippen molar-refractivity contribution in [3.8, 4) is 0 Å². The van der Waals surface area contributed by atoms with E-state index < -0.39 is 0 Å². The number of nitrogens with two attached hydrogens (primary N) is 1. The molecule has 4 nitrogen and oxygen atoms in total. The molecule has 0 aliphatic rings. The van der Waals surface area contributed by atoms with Gasteiger partial charge in [-0.25, -0.2) is 0 Å². The largest absolute Gasteiger partial charge is 0.339 e. The molecule has 5 heteroatoms. The smallest absolute Gasteiger partial charge is 0.229 e. The summed E-state index contributed by atoms with van der Waals surface area (Å²) in [4.78, 5) is 4.42. The minimum absolute atomic E-state index is 0.279. The molecule has 2 atom stereocenters. The summed E-state index contributed by atoms with van der Waals surface area (Å²) < 4.78 is 5.28. The van der Waals surface area contributed by atoms with E-state index in [9.17, 15) is 0 Å². The molecular formula is C12H23N3OS. The Bertz CT molecular complexity index is 314. The van der Waals surface area contributed by atoms with Crippen LogP contribution in [0.5, 0.6) is 0 Å². The van der Waals surface area contributed by atoms with Crippen LogP contribution in [0.2, 0.25) is 0 Å². The first-order valence-corrected chi connectivity index (χ1v) is 7.44. The molecule has 0 fully saturated rings. The van der Waals surface area contributed by atoms with E-state index in [4.69, 9.17) is 10.3 Å². The molecule has 0 saturated heterocycles. The van der Waals surface area contributed by atoms with Crippen LogP contribution in [0.15, 0.2) is 4.52 Å². The van der Waals surface area contributed by atoms with E-state index in [-0.39, 0.29) is 6.04 Å². The fourth-order valence-corrected chi connectivity index (χ4v) is 2.09. The summed E-state index contributed by atoms with van der Waals surface area (Å²) >= 11 is 1.81. The van der Waals surface area contributed by atoms with Gasteiger partial charge in [-0.2, -0.15) is 16.7 Å². The second kappa shape index (κ2) is 7.71. The highest BCUT2D eigenvalue weighted by Crippen LogP contribution is 2.21. The summed E-state index contributed by atoms with van der Waals surface area (Å²) in [6.07, 6.45) is 3.22. The van der Waals surface area contributed by atoms with Crippen molar-refractivity contribution in [1.82, 2.24) is 10.1 Å². The maximum Gasteiger partial charge on any atom is 0.229 e. The van der Waals surface area contributed by atoms with Gasteiger partial charge >= 0.3 is 0 Å². The van der Waals surface area contributed by atoms with Gasteiger partial charge in [-0.05, 0) is 25.5 Å². The first-order valence-electron chi connectivity index (χ1n) is 6.29. The van der Waals surface area contributed by atoms with E-state index in [1.807, 2.05) is 6.92 Å². The number of aromatic nitrogens is 2. The van der Waals surface area contributed by atoms with Gasteiger partial charge in [0.2, 0.25) is 5.89 Å². The second-order valence-electron chi connectivity index (χ2n) is 4.50. The molecule has 0 spiro atoms. The zero-order chi connectivity index (χ0) is 12.7. The van der Waals surface area contributed by atoms with Gasteiger partial charge in [0.15, 0.2) is 5.82 Å². The summed E-state index contributed by atoms with van der Waals surface area (Å²) in [5, 5.41) is 3.99. The van der Waals surface area contributed by atoms with Gasteiger partial charge in [-0.15, -0.1) is 0 Å². The van der Waals surface area contributed by atoms with Crippen molar-refractivity contribution >= 4 is 11.8 Å². The predicted molar refractivity (Wildman–Crippen MR) is 72.0 cm³/mol. The summed E-state index contributed by atoms with van der Waals surface area (Å²) in [6.45, 7) is 6.30. The molecule has 17 heavy (non-hydrogen) atoms. The van der Waals surface area contributed by atoms with Gasteiger partial charge in [0.05, 0.1) is 5.75 Å². The molecule has 0 amide bonds. The minimum atomic E-state index is 0.279. The Morgan fingerprint density at radius 3 is 2.76 bits per heavy atom. The number of hydrogen-bond acceptors (Lipinski definition) is 5. The van der Waals surface area contributed by atoms with Crippen molar-refractivity contribution in [2.45, 2.75) is 57.7 Å². The zero-order valence-corrected chi connectivity index (χ0v) is 11.8. The highest BCUT2D eigenvalue weighted by atomic mass is 32.2. The Hall–Kier alpha value is -0.550. The molecule has 0 aromatic carbocycles. The van der Waals surface area contributed by atoms with E-state index in [1.165, 1.54) is 0 Å². The number of rotatable bonds is 8. The maximum atomic E-state index is 5.72. The topological polar surface area (TPSA) is 64.9 Å². The van der Waals surface area contributed by atoms with Crippen molar-refractivity contribution < 1.29 is 4.52 Å². The molecule has 1 aromatic rings. The highest BCUT2D eigenvalue weighted by molar-refractivity contribution is 7.98. The van der Waals surface area contributed by atoms with Gasteiger partial charge in [-0.1, -0.05) is 25.4 Å². The third-order valence-corrected chi connectivity index (χ3v) is 3.51. The van der Waals surface area contributed by atoms with Crippen LogP contribution < -0.4 is 5.73 Å². The fraction of sp³-hybridized carbons (Fsp3) is 0.833. The van der Waals surface area contributed by atoms with Crippen molar-refractivity contribution in [1.29, 1.82) is 0 Å². The van der Waals surface area contributed by atoms with E-state index in [2.05, 4.69) is 24.0 Å². The Kier molecular flexibility index (Phi) is 6.58.